The van der Waals surface area contributed by atoms with E-state index in [1.54, 1.807) is 24.4 Å². The summed E-state index contributed by atoms with van der Waals surface area (Å²) in [4.78, 5) is 4.20. The molecule has 0 radical (unpaired) electrons. The first-order chi connectivity index (χ1) is 7.51. The van der Waals surface area contributed by atoms with Crippen LogP contribution in [0.25, 0.3) is 0 Å². The average molecular weight is 253 g/mol. The van der Waals surface area contributed by atoms with E-state index in [1.165, 1.54) is 6.20 Å². The van der Waals surface area contributed by atoms with E-state index in [0.29, 0.717) is 4.90 Å². The van der Waals surface area contributed by atoms with Crippen molar-refractivity contribution in [3.8, 4) is 0 Å². The first kappa shape index (κ1) is 11.3. The van der Waals surface area contributed by atoms with E-state index in [1.807, 2.05) is 13.0 Å². The topological polar surface area (TPSA) is 47.0 Å². The molecule has 0 saturated heterocycles. The van der Waals surface area contributed by atoms with Crippen LogP contribution in [-0.4, -0.2) is 13.4 Å². The van der Waals surface area contributed by atoms with Crippen LogP contribution < -0.4 is 0 Å². The quantitative estimate of drug-likeness (QED) is 0.826. The normalized spacial score (nSPS) is 11.6. The summed E-state index contributed by atoms with van der Waals surface area (Å²) in [5, 5.41) is 1.66. The molecule has 0 bridgehead atoms. The molecule has 0 N–H and O–H groups in total. The molecule has 1 aromatic heterocycles. The average Bonchev–Trinajstić information content (AvgIpc) is 2.69. The zero-order valence-electron chi connectivity index (χ0n) is 8.97. The lowest BCUT2D eigenvalue weighted by Crippen LogP contribution is -2.03. The molecule has 0 unspecified atom stereocenters. The Morgan fingerprint density at radius 1 is 1.25 bits per heavy atom. The van der Waals surface area contributed by atoms with Crippen molar-refractivity contribution in [3.63, 3.8) is 0 Å². The van der Waals surface area contributed by atoms with E-state index in [-0.39, 0.29) is 4.34 Å². The van der Waals surface area contributed by atoms with Gasteiger partial charge in [0.05, 0.1) is 4.90 Å². The van der Waals surface area contributed by atoms with Crippen molar-refractivity contribution in [3.05, 3.63) is 40.9 Å². The molecule has 0 fully saturated rings. The number of hydrogen-bond acceptors (Lipinski definition) is 4. The van der Waals surface area contributed by atoms with Gasteiger partial charge in [-0.25, -0.2) is 13.4 Å². The smallest absolute Gasteiger partial charge is 0.233 e. The third kappa shape index (κ3) is 1.88. The Morgan fingerprint density at radius 2 is 2.00 bits per heavy atom. The predicted molar refractivity (Wildman–Crippen MR) is 63.5 cm³/mol. The molecule has 0 saturated carbocycles. The summed E-state index contributed by atoms with van der Waals surface area (Å²) < 4.78 is 24.5. The Balaban J connectivity index is 2.61. The zero-order valence-corrected chi connectivity index (χ0v) is 10.6. The van der Waals surface area contributed by atoms with Crippen molar-refractivity contribution in [2.75, 3.05) is 0 Å². The molecular formula is C11H11NO2S2. The summed E-state index contributed by atoms with van der Waals surface area (Å²) in [6.07, 6.45) is 1.50. The van der Waals surface area contributed by atoms with Gasteiger partial charge >= 0.3 is 0 Å². The number of sulfone groups is 1. The minimum Gasteiger partial charge on any atom is -0.233 e. The maximum Gasteiger partial charge on any atom is 0.233 e. The summed E-state index contributed by atoms with van der Waals surface area (Å²) >= 11 is 1.14. The highest BCUT2D eigenvalue weighted by Gasteiger charge is 2.22. The van der Waals surface area contributed by atoms with E-state index in [4.69, 9.17) is 0 Å². The molecule has 1 aromatic carbocycles. The molecule has 16 heavy (non-hydrogen) atoms. The standard InChI is InChI=1S/C11H11NO2S2/c1-8-3-4-10(9(2)7-8)16(13,14)11-12-5-6-15-11/h3-7H,1-2H3. The first-order valence-corrected chi connectivity index (χ1v) is 7.10. The van der Waals surface area contributed by atoms with Crippen LogP contribution in [0, 0.1) is 13.8 Å². The molecule has 2 rings (SSSR count). The molecule has 0 aliphatic carbocycles. The van der Waals surface area contributed by atoms with E-state index < -0.39 is 9.84 Å². The van der Waals surface area contributed by atoms with E-state index in [9.17, 15) is 8.42 Å². The van der Waals surface area contributed by atoms with Crippen LogP contribution in [0.3, 0.4) is 0 Å². The molecule has 0 spiro atoms. The summed E-state index contributed by atoms with van der Waals surface area (Å²) in [7, 11) is -3.44. The second kappa shape index (κ2) is 3.99. The van der Waals surface area contributed by atoms with Crippen LogP contribution >= 0.6 is 11.3 Å². The molecule has 84 valence electrons. The van der Waals surface area contributed by atoms with Crippen molar-refractivity contribution in [1.82, 2.24) is 4.98 Å². The second-order valence-electron chi connectivity index (χ2n) is 3.57. The van der Waals surface area contributed by atoms with Gasteiger partial charge in [0.1, 0.15) is 0 Å². The fourth-order valence-electron chi connectivity index (χ4n) is 1.54. The number of hydrogen-bond donors (Lipinski definition) is 0. The number of thiazole rings is 1. The number of rotatable bonds is 2. The number of aromatic nitrogens is 1. The van der Waals surface area contributed by atoms with Gasteiger partial charge in [0.15, 0.2) is 0 Å². The minimum atomic E-state index is -3.44. The Labute approximate surface area is 98.7 Å². The van der Waals surface area contributed by atoms with Gasteiger partial charge in [-0.1, -0.05) is 17.7 Å². The van der Waals surface area contributed by atoms with Gasteiger partial charge in [0, 0.05) is 11.6 Å². The van der Waals surface area contributed by atoms with Gasteiger partial charge in [-0.2, -0.15) is 0 Å². The fraction of sp³-hybridized carbons (Fsp3) is 0.182. The summed E-state index contributed by atoms with van der Waals surface area (Å²) in [5.74, 6) is 0. The van der Waals surface area contributed by atoms with Crippen molar-refractivity contribution < 1.29 is 8.42 Å². The van der Waals surface area contributed by atoms with E-state index in [2.05, 4.69) is 4.98 Å². The van der Waals surface area contributed by atoms with Gasteiger partial charge in [-0.15, -0.1) is 11.3 Å². The van der Waals surface area contributed by atoms with Crippen molar-refractivity contribution >= 4 is 21.2 Å². The summed E-state index contributed by atoms with van der Waals surface area (Å²) in [5.41, 5.74) is 1.81. The molecule has 0 amide bonds. The third-order valence-electron chi connectivity index (χ3n) is 2.26. The van der Waals surface area contributed by atoms with Crippen molar-refractivity contribution in [2.45, 2.75) is 23.1 Å². The van der Waals surface area contributed by atoms with E-state index in [0.717, 1.165) is 22.5 Å². The van der Waals surface area contributed by atoms with Gasteiger partial charge in [-0.3, -0.25) is 0 Å². The minimum absolute atomic E-state index is 0.152. The molecule has 5 heteroatoms. The maximum atomic E-state index is 12.2. The molecule has 3 nitrogen and oxygen atoms in total. The van der Waals surface area contributed by atoms with Crippen LogP contribution in [0.1, 0.15) is 11.1 Å². The van der Waals surface area contributed by atoms with Crippen LogP contribution in [0.4, 0.5) is 0 Å². The van der Waals surface area contributed by atoms with Gasteiger partial charge in [-0.05, 0) is 25.5 Å². The first-order valence-electron chi connectivity index (χ1n) is 4.73. The second-order valence-corrected chi connectivity index (χ2v) is 6.56. The lowest BCUT2D eigenvalue weighted by atomic mass is 10.2. The Kier molecular flexibility index (Phi) is 2.82. The molecule has 1 heterocycles. The Bertz CT molecular complexity index is 601. The van der Waals surface area contributed by atoms with Crippen LogP contribution in [-0.2, 0) is 9.84 Å². The highest BCUT2D eigenvalue weighted by atomic mass is 32.2. The molecule has 0 aliphatic heterocycles. The number of nitrogens with zero attached hydrogens (tertiary/aromatic N) is 1. The Morgan fingerprint density at radius 3 is 2.56 bits per heavy atom. The van der Waals surface area contributed by atoms with E-state index >= 15 is 0 Å². The molecule has 0 aliphatic rings. The monoisotopic (exact) mass is 253 g/mol. The summed E-state index contributed by atoms with van der Waals surface area (Å²) in [6, 6.07) is 5.30. The fourth-order valence-corrected chi connectivity index (χ4v) is 3.96. The third-order valence-corrected chi connectivity index (χ3v) is 5.37. The number of benzene rings is 1. The molecular weight excluding hydrogens is 242 g/mol. The predicted octanol–water partition coefficient (Wildman–Crippen LogP) is 2.59. The van der Waals surface area contributed by atoms with Gasteiger partial charge in [0.2, 0.25) is 14.2 Å². The highest BCUT2D eigenvalue weighted by molar-refractivity contribution is 7.93. The SMILES string of the molecule is Cc1ccc(S(=O)(=O)c2nccs2)c(C)c1. The van der Waals surface area contributed by atoms with Crippen LogP contribution in [0.2, 0.25) is 0 Å². The lowest BCUT2D eigenvalue weighted by molar-refractivity contribution is 0.594. The van der Waals surface area contributed by atoms with Crippen LogP contribution in [0.15, 0.2) is 39.0 Å². The summed E-state index contributed by atoms with van der Waals surface area (Å²) in [6.45, 7) is 3.74. The maximum absolute atomic E-state index is 12.2. The Hall–Kier alpha value is -1.20. The lowest BCUT2D eigenvalue weighted by Gasteiger charge is -2.05. The number of aryl methyl sites for hydroxylation is 2. The molecule has 0 atom stereocenters. The van der Waals surface area contributed by atoms with Gasteiger partial charge < -0.3 is 0 Å². The van der Waals surface area contributed by atoms with Gasteiger partial charge in [0.25, 0.3) is 0 Å². The molecule has 2 aromatic rings. The largest absolute Gasteiger partial charge is 0.233 e. The van der Waals surface area contributed by atoms with Crippen molar-refractivity contribution in [2.24, 2.45) is 0 Å². The van der Waals surface area contributed by atoms with Crippen molar-refractivity contribution in [1.29, 1.82) is 0 Å². The van der Waals surface area contributed by atoms with Crippen LogP contribution in [0.5, 0.6) is 0 Å². The zero-order chi connectivity index (χ0) is 11.8. The highest BCUT2D eigenvalue weighted by Crippen LogP contribution is 2.25.